The van der Waals surface area contributed by atoms with Crippen LogP contribution >= 0.6 is 11.6 Å². The first-order valence-corrected chi connectivity index (χ1v) is 9.87. The molecule has 0 bridgehead atoms. The van der Waals surface area contributed by atoms with E-state index < -0.39 is 0 Å². The van der Waals surface area contributed by atoms with Crippen molar-refractivity contribution in [2.45, 2.75) is 0 Å². The van der Waals surface area contributed by atoms with Crippen molar-refractivity contribution in [2.75, 3.05) is 36.8 Å². The van der Waals surface area contributed by atoms with E-state index in [1.165, 1.54) is 5.69 Å². The summed E-state index contributed by atoms with van der Waals surface area (Å²) in [5.41, 5.74) is 9.58. The van der Waals surface area contributed by atoms with Crippen LogP contribution in [0, 0.1) is 0 Å². The summed E-state index contributed by atoms with van der Waals surface area (Å²) in [5.74, 6) is 0.261. The SMILES string of the molecule is Nc1cc(-c2ccc(N3CCNCC3)cc2)c2oc3cccc(Cl)c3c(=O)c2n1. The maximum Gasteiger partial charge on any atom is 0.220 e. The highest BCUT2D eigenvalue weighted by atomic mass is 35.5. The largest absolute Gasteiger partial charge is 0.453 e. The molecule has 1 aliphatic heterocycles. The van der Waals surface area contributed by atoms with Crippen molar-refractivity contribution in [1.29, 1.82) is 0 Å². The van der Waals surface area contributed by atoms with Gasteiger partial charge in [-0.15, -0.1) is 0 Å². The number of aromatic nitrogens is 1. The number of rotatable bonds is 2. The minimum absolute atomic E-state index is 0.187. The lowest BCUT2D eigenvalue weighted by Crippen LogP contribution is -2.43. The van der Waals surface area contributed by atoms with E-state index in [9.17, 15) is 4.79 Å². The third-order valence-corrected chi connectivity index (χ3v) is 5.60. The number of pyridine rings is 1. The molecule has 0 atom stereocenters. The Morgan fingerprint density at radius 3 is 2.62 bits per heavy atom. The van der Waals surface area contributed by atoms with Crippen LogP contribution in [0.15, 0.2) is 57.7 Å². The number of piperazine rings is 1. The van der Waals surface area contributed by atoms with Gasteiger partial charge in [-0.2, -0.15) is 0 Å². The number of hydrogen-bond acceptors (Lipinski definition) is 6. The van der Waals surface area contributed by atoms with Crippen molar-refractivity contribution in [3.8, 4) is 11.1 Å². The molecule has 7 heteroatoms. The third kappa shape index (κ3) is 3.10. The molecule has 3 heterocycles. The quantitative estimate of drug-likeness (QED) is 0.494. The average molecular weight is 407 g/mol. The van der Waals surface area contributed by atoms with Crippen LogP contribution in [0.25, 0.3) is 33.2 Å². The zero-order chi connectivity index (χ0) is 20.0. The van der Waals surface area contributed by atoms with Crippen molar-refractivity contribution in [3.05, 3.63) is 63.8 Å². The van der Waals surface area contributed by atoms with Gasteiger partial charge in [-0.25, -0.2) is 4.98 Å². The Kier molecular flexibility index (Phi) is 4.38. The topological polar surface area (TPSA) is 84.4 Å². The molecule has 5 rings (SSSR count). The number of nitrogens with one attached hydrogen (secondary N) is 1. The number of halogens is 1. The number of benzene rings is 2. The highest BCUT2D eigenvalue weighted by Crippen LogP contribution is 2.33. The van der Waals surface area contributed by atoms with Crippen molar-refractivity contribution >= 4 is 45.2 Å². The molecule has 146 valence electrons. The Morgan fingerprint density at radius 1 is 1.10 bits per heavy atom. The average Bonchev–Trinajstić information content (AvgIpc) is 2.75. The van der Waals surface area contributed by atoms with Crippen LogP contribution in [0.1, 0.15) is 0 Å². The molecule has 0 spiro atoms. The van der Waals surface area contributed by atoms with E-state index in [4.69, 9.17) is 21.8 Å². The smallest absolute Gasteiger partial charge is 0.220 e. The Hall–Kier alpha value is -3.09. The van der Waals surface area contributed by atoms with Crippen LogP contribution in [-0.4, -0.2) is 31.2 Å². The maximum atomic E-state index is 13.0. The van der Waals surface area contributed by atoms with Crippen LogP contribution in [0.3, 0.4) is 0 Å². The zero-order valence-electron chi connectivity index (χ0n) is 15.6. The Labute approximate surface area is 171 Å². The summed E-state index contributed by atoms with van der Waals surface area (Å²) in [6.07, 6.45) is 0. The molecule has 29 heavy (non-hydrogen) atoms. The van der Waals surface area contributed by atoms with Gasteiger partial charge < -0.3 is 20.4 Å². The Bertz CT molecular complexity index is 1280. The fraction of sp³-hybridized carbons (Fsp3) is 0.182. The highest BCUT2D eigenvalue weighted by molar-refractivity contribution is 6.35. The number of fused-ring (bicyclic) bond motifs is 2. The summed E-state index contributed by atoms with van der Waals surface area (Å²) in [6.45, 7) is 3.92. The second kappa shape index (κ2) is 7.06. The van der Waals surface area contributed by atoms with E-state index in [1.807, 2.05) is 12.1 Å². The predicted octanol–water partition coefficient (Wildman–Crippen LogP) is 3.65. The molecule has 4 aromatic rings. The van der Waals surface area contributed by atoms with E-state index in [0.29, 0.717) is 21.6 Å². The molecule has 0 unspecified atom stereocenters. The second-order valence-electron chi connectivity index (χ2n) is 7.10. The summed E-state index contributed by atoms with van der Waals surface area (Å²) in [5, 5.41) is 4.01. The van der Waals surface area contributed by atoms with E-state index in [0.717, 1.165) is 37.3 Å². The van der Waals surface area contributed by atoms with Gasteiger partial charge in [-0.3, -0.25) is 4.79 Å². The molecule has 0 radical (unpaired) electrons. The minimum atomic E-state index is -0.280. The fourth-order valence-corrected chi connectivity index (χ4v) is 4.09. The number of hydrogen-bond donors (Lipinski definition) is 2. The highest BCUT2D eigenvalue weighted by Gasteiger charge is 2.17. The van der Waals surface area contributed by atoms with Gasteiger partial charge in [0.25, 0.3) is 0 Å². The van der Waals surface area contributed by atoms with Crippen molar-refractivity contribution in [2.24, 2.45) is 0 Å². The van der Waals surface area contributed by atoms with E-state index in [2.05, 4.69) is 27.3 Å². The molecular formula is C22H19ClN4O2. The molecule has 0 saturated carbocycles. The van der Waals surface area contributed by atoms with Gasteiger partial charge >= 0.3 is 0 Å². The van der Waals surface area contributed by atoms with Gasteiger partial charge in [-0.05, 0) is 35.9 Å². The Balaban J connectivity index is 1.68. The molecule has 1 aliphatic rings. The van der Waals surface area contributed by atoms with Crippen LogP contribution < -0.4 is 21.4 Å². The summed E-state index contributed by atoms with van der Waals surface area (Å²) in [7, 11) is 0. The monoisotopic (exact) mass is 406 g/mol. The lowest BCUT2D eigenvalue weighted by molar-refractivity contribution is 0.589. The lowest BCUT2D eigenvalue weighted by Gasteiger charge is -2.29. The molecule has 3 N–H and O–H groups in total. The van der Waals surface area contributed by atoms with Gasteiger partial charge in [0.1, 0.15) is 11.4 Å². The summed E-state index contributed by atoms with van der Waals surface area (Å²) >= 11 is 6.22. The van der Waals surface area contributed by atoms with Gasteiger partial charge in [0, 0.05) is 37.4 Å². The first kappa shape index (κ1) is 18.0. The molecule has 0 amide bonds. The first-order chi connectivity index (χ1) is 14.1. The maximum absolute atomic E-state index is 13.0. The van der Waals surface area contributed by atoms with Gasteiger partial charge in [0.05, 0.1) is 10.4 Å². The molecule has 0 aliphatic carbocycles. The lowest BCUT2D eigenvalue weighted by atomic mass is 10.0. The molecule has 1 saturated heterocycles. The van der Waals surface area contributed by atoms with E-state index >= 15 is 0 Å². The summed E-state index contributed by atoms with van der Waals surface area (Å²) < 4.78 is 6.07. The number of anilines is 2. The van der Waals surface area contributed by atoms with Crippen LogP contribution in [-0.2, 0) is 0 Å². The minimum Gasteiger partial charge on any atom is -0.453 e. The molecule has 1 fully saturated rings. The number of nitrogens with two attached hydrogens (primary N) is 1. The van der Waals surface area contributed by atoms with Crippen LogP contribution in [0.2, 0.25) is 5.02 Å². The van der Waals surface area contributed by atoms with Crippen LogP contribution in [0.5, 0.6) is 0 Å². The normalized spacial score (nSPS) is 14.6. The van der Waals surface area contributed by atoms with Crippen LogP contribution in [0.4, 0.5) is 11.5 Å². The van der Waals surface area contributed by atoms with Crippen molar-refractivity contribution < 1.29 is 4.42 Å². The standard InChI is InChI=1S/C22H19ClN4O2/c23-16-2-1-3-17-19(16)21(28)20-22(29-17)15(12-18(24)26-20)13-4-6-14(7-5-13)27-10-8-25-9-11-27/h1-7,12,25H,8-11H2,(H2,24,26). The van der Waals surface area contributed by atoms with E-state index in [-0.39, 0.29) is 16.8 Å². The fourth-order valence-electron chi connectivity index (χ4n) is 3.84. The first-order valence-electron chi connectivity index (χ1n) is 9.49. The molecule has 2 aromatic carbocycles. The third-order valence-electron chi connectivity index (χ3n) is 5.28. The van der Waals surface area contributed by atoms with Crippen molar-refractivity contribution in [3.63, 3.8) is 0 Å². The summed E-state index contributed by atoms with van der Waals surface area (Å²) in [6, 6.07) is 15.1. The molecular weight excluding hydrogens is 388 g/mol. The Morgan fingerprint density at radius 2 is 1.86 bits per heavy atom. The predicted molar refractivity (Wildman–Crippen MR) is 118 cm³/mol. The van der Waals surface area contributed by atoms with Gasteiger partial charge in [-0.1, -0.05) is 29.8 Å². The zero-order valence-corrected chi connectivity index (χ0v) is 16.4. The summed E-state index contributed by atoms with van der Waals surface area (Å²) in [4.78, 5) is 19.6. The number of nitrogens with zero attached hydrogens (tertiary/aromatic N) is 2. The molecule has 2 aromatic heterocycles. The second-order valence-corrected chi connectivity index (χ2v) is 7.51. The van der Waals surface area contributed by atoms with Crippen molar-refractivity contribution in [1.82, 2.24) is 10.3 Å². The number of nitrogen functional groups attached to an aromatic ring is 1. The van der Waals surface area contributed by atoms with Gasteiger partial charge in [0.2, 0.25) is 5.43 Å². The van der Waals surface area contributed by atoms with E-state index in [1.54, 1.807) is 24.3 Å². The van der Waals surface area contributed by atoms with Gasteiger partial charge in [0.15, 0.2) is 11.1 Å². The molecule has 6 nitrogen and oxygen atoms in total.